The zero-order valence-corrected chi connectivity index (χ0v) is 18.6. The molecule has 1 N–H and O–H groups in total. The molecule has 0 bridgehead atoms. The van der Waals surface area contributed by atoms with Gasteiger partial charge in [0, 0.05) is 18.1 Å². The van der Waals surface area contributed by atoms with E-state index in [2.05, 4.69) is 10.3 Å². The fourth-order valence-corrected chi connectivity index (χ4v) is 3.20. The molecular formula is C25H26N2O6. The molecule has 0 aliphatic carbocycles. The van der Waals surface area contributed by atoms with Crippen LogP contribution in [0.3, 0.4) is 0 Å². The molecule has 0 aliphatic rings. The summed E-state index contributed by atoms with van der Waals surface area (Å²) in [6.07, 6.45) is 1.95. The van der Waals surface area contributed by atoms with Crippen molar-refractivity contribution in [2.24, 2.45) is 0 Å². The monoisotopic (exact) mass is 450 g/mol. The molecule has 2 aromatic carbocycles. The Labute approximate surface area is 191 Å². The van der Waals surface area contributed by atoms with E-state index in [9.17, 15) is 14.4 Å². The fraction of sp³-hybridized carbons (Fsp3) is 0.280. The van der Waals surface area contributed by atoms with E-state index in [4.69, 9.17) is 14.2 Å². The minimum absolute atomic E-state index is 0.201. The van der Waals surface area contributed by atoms with Crippen LogP contribution in [0.2, 0.25) is 0 Å². The van der Waals surface area contributed by atoms with Gasteiger partial charge in [0.2, 0.25) is 0 Å². The Morgan fingerprint density at radius 2 is 1.55 bits per heavy atom. The number of ether oxygens (including phenoxy) is 3. The summed E-state index contributed by atoms with van der Waals surface area (Å²) < 4.78 is 15.6. The minimum Gasteiger partial charge on any atom is -0.462 e. The summed E-state index contributed by atoms with van der Waals surface area (Å²) in [5, 5.41) is 3.81. The van der Waals surface area contributed by atoms with Crippen molar-refractivity contribution in [1.82, 2.24) is 4.98 Å². The molecule has 0 spiro atoms. The molecule has 1 aromatic heterocycles. The van der Waals surface area contributed by atoms with Crippen molar-refractivity contribution >= 4 is 34.5 Å². The average molecular weight is 450 g/mol. The molecule has 1 heterocycles. The number of benzene rings is 2. The summed E-state index contributed by atoms with van der Waals surface area (Å²) in [5.74, 6) is -1.37. The van der Waals surface area contributed by atoms with Gasteiger partial charge in [-0.25, -0.2) is 14.4 Å². The number of carbonyl (C=O) groups excluding carboxylic acids is 3. The van der Waals surface area contributed by atoms with Crippen molar-refractivity contribution in [1.29, 1.82) is 0 Å². The molecule has 0 fully saturated rings. The van der Waals surface area contributed by atoms with Gasteiger partial charge in [0.15, 0.2) is 0 Å². The molecule has 8 heteroatoms. The molecule has 0 saturated carbocycles. The van der Waals surface area contributed by atoms with Crippen LogP contribution >= 0.6 is 0 Å². The summed E-state index contributed by atoms with van der Waals surface area (Å²) in [7, 11) is 0. The number of nitrogens with one attached hydrogen (secondary N) is 1. The topological polar surface area (TPSA) is 104 Å². The van der Waals surface area contributed by atoms with Gasteiger partial charge < -0.3 is 19.5 Å². The summed E-state index contributed by atoms with van der Waals surface area (Å²) in [5.41, 5.74) is 2.20. The van der Waals surface area contributed by atoms with Gasteiger partial charge in [0.25, 0.3) is 0 Å². The SMILES string of the molecule is CCOC(=O)c1ccc2ncc(C(=O)OCC)c(NCCCOC(=O)c3ccccc3)c2c1. The lowest BCUT2D eigenvalue weighted by Gasteiger charge is -2.15. The number of pyridine rings is 1. The van der Waals surface area contributed by atoms with Crippen LogP contribution in [0, 0.1) is 0 Å². The molecule has 0 unspecified atom stereocenters. The van der Waals surface area contributed by atoms with Crippen LogP contribution in [0.25, 0.3) is 10.9 Å². The highest BCUT2D eigenvalue weighted by Crippen LogP contribution is 2.28. The number of hydrogen-bond acceptors (Lipinski definition) is 8. The van der Waals surface area contributed by atoms with E-state index in [1.165, 1.54) is 6.20 Å². The lowest BCUT2D eigenvalue weighted by Crippen LogP contribution is -2.14. The zero-order valence-electron chi connectivity index (χ0n) is 18.6. The van der Waals surface area contributed by atoms with Gasteiger partial charge in [-0.1, -0.05) is 18.2 Å². The first-order valence-electron chi connectivity index (χ1n) is 10.8. The van der Waals surface area contributed by atoms with E-state index in [0.717, 1.165) is 0 Å². The normalized spacial score (nSPS) is 10.5. The molecule has 33 heavy (non-hydrogen) atoms. The zero-order chi connectivity index (χ0) is 23.6. The number of fused-ring (bicyclic) bond motifs is 1. The molecule has 0 amide bonds. The number of nitrogens with zero attached hydrogens (tertiary/aromatic N) is 1. The first-order chi connectivity index (χ1) is 16.0. The van der Waals surface area contributed by atoms with Crippen LogP contribution in [0.1, 0.15) is 51.3 Å². The van der Waals surface area contributed by atoms with Gasteiger partial charge in [-0.2, -0.15) is 0 Å². The van der Waals surface area contributed by atoms with Crippen LogP contribution in [0.4, 0.5) is 5.69 Å². The first kappa shape index (κ1) is 23.7. The van der Waals surface area contributed by atoms with Crippen molar-refractivity contribution in [2.75, 3.05) is 31.7 Å². The Bertz CT molecular complexity index is 1130. The molecule has 0 atom stereocenters. The minimum atomic E-state index is -0.522. The largest absolute Gasteiger partial charge is 0.462 e. The van der Waals surface area contributed by atoms with E-state index in [-0.39, 0.29) is 25.4 Å². The molecule has 3 aromatic rings. The number of esters is 3. The van der Waals surface area contributed by atoms with Crippen molar-refractivity contribution in [3.05, 3.63) is 71.4 Å². The van der Waals surface area contributed by atoms with Gasteiger partial charge in [0.05, 0.1) is 42.2 Å². The van der Waals surface area contributed by atoms with Crippen LogP contribution in [-0.2, 0) is 14.2 Å². The van der Waals surface area contributed by atoms with Crippen LogP contribution < -0.4 is 5.32 Å². The van der Waals surface area contributed by atoms with Gasteiger partial charge in [-0.3, -0.25) is 4.98 Å². The first-order valence-corrected chi connectivity index (χ1v) is 10.8. The highest BCUT2D eigenvalue weighted by molar-refractivity contribution is 6.06. The third-order valence-electron chi connectivity index (χ3n) is 4.74. The van der Waals surface area contributed by atoms with E-state index in [1.807, 2.05) is 6.07 Å². The number of carbonyl (C=O) groups is 3. The van der Waals surface area contributed by atoms with E-state index in [0.29, 0.717) is 40.7 Å². The van der Waals surface area contributed by atoms with Crippen molar-refractivity contribution in [3.63, 3.8) is 0 Å². The maximum atomic E-state index is 12.5. The molecule has 0 aliphatic heterocycles. The fourth-order valence-electron chi connectivity index (χ4n) is 3.20. The second-order valence-electron chi connectivity index (χ2n) is 7.00. The predicted octanol–water partition coefficient (Wildman–Crippen LogP) is 4.25. The van der Waals surface area contributed by atoms with E-state index < -0.39 is 17.9 Å². The van der Waals surface area contributed by atoms with Crippen molar-refractivity contribution < 1.29 is 28.6 Å². The molecule has 3 rings (SSSR count). The Morgan fingerprint density at radius 1 is 0.848 bits per heavy atom. The number of rotatable bonds is 10. The van der Waals surface area contributed by atoms with Gasteiger partial charge in [-0.15, -0.1) is 0 Å². The lowest BCUT2D eigenvalue weighted by molar-refractivity contribution is 0.0500. The molecule has 0 radical (unpaired) electrons. The second kappa shape index (κ2) is 11.6. The number of aromatic nitrogens is 1. The predicted molar refractivity (Wildman–Crippen MR) is 123 cm³/mol. The van der Waals surface area contributed by atoms with Gasteiger partial charge in [0.1, 0.15) is 5.56 Å². The third-order valence-corrected chi connectivity index (χ3v) is 4.74. The Balaban J connectivity index is 1.76. The lowest BCUT2D eigenvalue weighted by atomic mass is 10.1. The van der Waals surface area contributed by atoms with Crippen molar-refractivity contribution in [3.8, 4) is 0 Å². The van der Waals surface area contributed by atoms with Crippen LogP contribution in [0.15, 0.2) is 54.7 Å². The summed E-state index contributed by atoms with van der Waals surface area (Å²) in [4.78, 5) is 41.1. The van der Waals surface area contributed by atoms with E-state index in [1.54, 1.807) is 56.3 Å². The van der Waals surface area contributed by atoms with E-state index >= 15 is 0 Å². The highest BCUT2D eigenvalue weighted by atomic mass is 16.5. The highest BCUT2D eigenvalue weighted by Gasteiger charge is 2.18. The maximum Gasteiger partial charge on any atom is 0.341 e. The smallest absolute Gasteiger partial charge is 0.341 e. The summed E-state index contributed by atoms with van der Waals surface area (Å²) in [6, 6.07) is 13.7. The molecule has 172 valence electrons. The Hall–Kier alpha value is -3.94. The van der Waals surface area contributed by atoms with Crippen LogP contribution in [-0.4, -0.2) is 49.3 Å². The number of hydrogen-bond donors (Lipinski definition) is 1. The summed E-state index contributed by atoms with van der Waals surface area (Å²) >= 11 is 0. The maximum absolute atomic E-state index is 12.5. The number of anilines is 1. The molecule has 8 nitrogen and oxygen atoms in total. The van der Waals surface area contributed by atoms with Crippen LogP contribution in [0.5, 0.6) is 0 Å². The Kier molecular flexibility index (Phi) is 8.35. The quantitative estimate of drug-likeness (QED) is 0.278. The Morgan fingerprint density at radius 3 is 2.27 bits per heavy atom. The standard InChI is InChI=1S/C25H26N2O6/c1-3-31-24(29)18-11-12-21-19(15-18)22(20(16-27-21)25(30)32-4-2)26-13-8-14-33-23(28)17-9-6-5-7-10-17/h5-7,9-12,15-16H,3-4,8,13-14H2,1-2H3,(H,26,27). The second-order valence-corrected chi connectivity index (χ2v) is 7.00. The average Bonchev–Trinajstić information content (AvgIpc) is 2.84. The van der Waals surface area contributed by atoms with Gasteiger partial charge >= 0.3 is 17.9 Å². The molecule has 0 saturated heterocycles. The third kappa shape index (κ3) is 6.06. The van der Waals surface area contributed by atoms with Crippen molar-refractivity contribution in [2.45, 2.75) is 20.3 Å². The van der Waals surface area contributed by atoms with Gasteiger partial charge in [-0.05, 0) is 50.6 Å². The summed E-state index contributed by atoms with van der Waals surface area (Å²) in [6.45, 7) is 4.54. The molecular weight excluding hydrogens is 424 g/mol.